The van der Waals surface area contributed by atoms with E-state index in [0.29, 0.717) is 6.42 Å². The van der Waals surface area contributed by atoms with Gasteiger partial charge in [-0.3, -0.25) is 0 Å². The lowest BCUT2D eigenvalue weighted by Crippen LogP contribution is -2.30. The number of aryl methyl sites for hydroxylation is 1. The molecule has 104 valence electrons. The summed E-state index contributed by atoms with van der Waals surface area (Å²) in [4.78, 5) is 0. The van der Waals surface area contributed by atoms with E-state index in [-0.39, 0.29) is 5.75 Å². The molecule has 2 atom stereocenters. The molecule has 0 saturated heterocycles. The Labute approximate surface area is 115 Å². The number of hydrogen-bond acceptors (Lipinski definition) is 2. The zero-order valence-corrected chi connectivity index (χ0v) is 10.7. The molecule has 0 bridgehead atoms. The first kappa shape index (κ1) is 13.1. The van der Waals surface area contributed by atoms with Crippen LogP contribution in [0.1, 0.15) is 23.7 Å². The van der Waals surface area contributed by atoms with Crippen molar-refractivity contribution in [3.8, 4) is 5.75 Å². The molecule has 2 nitrogen and oxygen atoms in total. The van der Waals surface area contributed by atoms with Gasteiger partial charge < -0.3 is 9.84 Å². The molecule has 0 amide bonds. The van der Waals surface area contributed by atoms with Crippen LogP contribution >= 0.6 is 0 Å². The molecular weight excluding hydrogens is 262 g/mol. The largest absolute Gasteiger partial charge is 0.484 e. The topological polar surface area (TPSA) is 29.5 Å². The van der Waals surface area contributed by atoms with Crippen molar-refractivity contribution in [2.75, 3.05) is 0 Å². The van der Waals surface area contributed by atoms with E-state index in [1.54, 1.807) is 0 Å². The van der Waals surface area contributed by atoms with Crippen LogP contribution in [0.2, 0.25) is 0 Å². The third kappa shape index (κ3) is 2.27. The van der Waals surface area contributed by atoms with Gasteiger partial charge in [0.1, 0.15) is 12.2 Å². The summed E-state index contributed by atoms with van der Waals surface area (Å²) in [6, 6.07) is 11.3. The van der Waals surface area contributed by atoms with E-state index in [1.807, 2.05) is 24.3 Å². The second kappa shape index (κ2) is 5.21. The molecule has 0 aromatic heterocycles. The second-order valence-electron chi connectivity index (χ2n) is 4.89. The molecule has 0 spiro atoms. The van der Waals surface area contributed by atoms with E-state index in [4.69, 9.17) is 4.74 Å². The van der Waals surface area contributed by atoms with E-state index < -0.39 is 23.8 Å². The predicted molar refractivity (Wildman–Crippen MR) is 70.5 cm³/mol. The Morgan fingerprint density at radius 3 is 2.70 bits per heavy atom. The number of ether oxygens (including phenoxy) is 1. The first-order valence-electron chi connectivity index (χ1n) is 6.53. The molecule has 1 aliphatic rings. The van der Waals surface area contributed by atoms with Crippen LogP contribution in [0.3, 0.4) is 0 Å². The van der Waals surface area contributed by atoms with E-state index in [1.165, 1.54) is 12.1 Å². The van der Waals surface area contributed by atoms with Crippen LogP contribution in [0.4, 0.5) is 8.78 Å². The van der Waals surface area contributed by atoms with Crippen LogP contribution in [-0.2, 0) is 6.42 Å². The number of rotatable bonds is 2. The minimum atomic E-state index is -1.02. The summed E-state index contributed by atoms with van der Waals surface area (Å²) >= 11 is 0. The highest BCUT2D eigenvalue weighted by Crippen LogP contribution is 2.33. The van der Waals surface area contributed by atoms with Gasteiger partial charge in [0.2, 0.25) is 5.82 Å². The molecule has 0 aliphatic heterocycles. The standard InChI is InChI=1S/C16H14F2O2/c17-12-6-3-7-13(15(12)18)20-14-9-8-10-4-1-2-5-11(10)16(14)19/h1-7,14,16,19H,8-9H2. The highest BCUT2D eigenvalue weighted by molar-refractivity contribution is 5.33. The molecule has 0 radical (unpaired) electrons. The van der Waals surface area contributed by atoms with Crippen molar-refractivity contribution in [3.63, 3.8) is 0 Å². The molecule has 0 saturated carbocycles. The third-order valence-corrected chi connectivity index (χ3v) is 3.62. The summed E-state index contributed by atoms with van der Waals surface area (Å²) in [7, 11) is 0. The average molecular weight is 276 g/mol. The fourth-order valence-corrected chi connectivity index (χ4v) is 2.57. The summed E-state index contributed by atoms with van der Waals surface area (Å²) in [5.74, 6) is -2.12. The fourth-order valence-electron chi connectivity index (χ4n) is 2.57. The molecule has 3 rings (SSSR count). The molecule has 0 fully saturated rings. The molecule has 2 aromatic rings. The maximum absolute atomic E-state index is 13.6. The first-order chi connectivity index (χ1) is 9.66. The zero-order chi connectivity index (χ0) is 14.1. The number of aliphatic hydroxyl groups is 1. The summed E-state index contributed by atoms with van der Waals surface area (Å²) in [6.07, 6.45) is -0.0907. The average Bonchev–Trinajstić information content (AvgIpc) is 2.47. The van der Waals surface area contributed by atoms with Gasteiger partial charge in [-0.05, 0) is 36.1 Å². The maximum atomic E-state index is 13.6. The Balaban J connectivity index is 1.85. The monoisotopic (exact) mass is 276 g/mol. The van der Waals surface area contributed by atoms with E-state index in [9.17, 15) is 13.9 Å². The van der Waals surface area contributed by atoms with Gasteiger partial charge in [-0.15, -0.1) is 0 Å². The van der Waals surface area contributed by atoms with Crippen molar-refractivity contribution in [1.82, 2.24) is 0 Å². The van der Waals surface area contributed by atoms with Crippen molar-refractivity contribution >= 4 is 0 Å². The number of benzene rings is 2. The van der Waals surface area contributed by atoms with E-state index >= 15 is 0 Å². The van der Waals surface area contributed by atoms with Crippen molar-refractivity contribution in [1.29, 1.82) is 0 Å². The van der Waals surface area contributed by atoms with Gasteiger partial charge in [0.05, 0.1) is 0 Å². The Hall–Kier alpha value is -1.94. The summed E-state index contributed by atoms with van der Waals surface area (Å²) in [6.45, 7) is 0. The van der Waals surface area contributed by atoms with Gasteiger partial charge >= 0.3 is 0 Å². The predicted octanol–water partition coefficient (Wildman–Crippen LogP) is 3.39. The van der Waals surface area contributed by atoms with Gasteiger partial charge in [-0.25, -0.2) is 4.39 Å². The lowest BCUT2D eigenvalue weighted by atomic mass is 9.87. The maximum Gasteiger partial charge on any atom is 0.200 e. The van der Waals surface area contributed by atoms with Crippen LogP contribution < -0.4 is 4.74 Å². The Morgan fingerprint density at radius 1 is 1.05 bits per heavy atom. The minimum Gasteiger partial charge on any atom is -0.484 e. The molecule has 2 unspecified atom stereocenters. The van der Waals surface area contributed by atoms with Gasteiger partial charge in [0.25, 0.3) is 0 Å². The SMILES string of the molecule is OC1c2ccccc2CCC1Oc1cccc(F)c1F. The number of halogens is 2. The minimum absolute atomic E-state index is 0.159. The van der Waals surface area contributed by atoms with Crippen molar-refractivity contribution < 1.29 is 18.6 Å². The number of fused-ring (bicyclic) bond motifs is 1. The lowest BCUT2D eigenvalue weighted by Gasteiger charge is -2.30. The number of aliphatic hydroxyl groups excluding tert-OH is 1. The fraction of sp³-hybridized carbons (Fsp3) is 0.250. The third-order valence-electron chi connectivity index (χ3n) is 3.62. The molecule has 0 heterocycles. The van der Waals surface area contributed by atoms with Crippen LogP contribution in [0.5, 0.6) is 5.75 Å². The van der Waals surface area contributed by atoms with Crippen LogP contribution in [0, 0.1) is 11.6 Å². The van der Waals surface area contributed by atoms with Crippen molar-refractivity contribution in [2.24, 2.45) is 0 Å². The van der Waals surface area contributed by atoms with Crippen LogP contribution in [0.25, 0.3) is 0 Å². The smallest absolute Gasteiger partial charge is 0.200 e. The molecule has 2 aromatic carbocycles. The van der Waals surface area contributed by atoms with Crippen molar-refractivity contribution in [2.45, 2.75) is 25.0 Å². The molecule has 1 aliphatic carbocycles. The normalized spacial score (nSPS) is 21.4. The molecule has 1 N–H and O–H groups in total. The highest BCUT2D eigenvalue weighted by Gasteiger charge is 2.30. The molecule has 20 heavy (non-hydrogen) atoms. The van der Waals surface area contributed by atoms with Gasteiger partial charge in [-0.2, -0.15) is 4.39 Å². The van der Waals surface area contributed by atoms with Crippen LogP contribution in [0.15, 0.2) is 42.5 Å². The second-order valence-corrected chi connectivity index (χ2v) is 4.89. The summed E-state index contributed by atoms with van der Waals surface area (Å²) in [5, 5.41) is 10.3. The quantitative estimate of drug-likeness (QED) is 0.911. The zero-order valence-electron chi connectivity index (χ0n) is 10.7. The van der Waals surface area contributed by atoms with Crippen LogP contribution in [-0.4, -0.2) is 11.2 Å². The lowest BCUT2D eigenvalue weighted by molar-refractivity contribution is 0.0205. The summed E-state index contributed by atoms with van der Waals surface area (Å²) in [5.41, 5.74) is 1.86. The highest BCUT2D eigenvalue weighted by atomic mass is 19.2. The van der Waals surface area contributed by atoms with Crippen molar-refractivity contribution in [3.05, 3.63) is 65.2 Å². The summed E-state index contributed by atoms with van der Waals surface area (Å²) < 4.78 is 32.2. The Kier molecular flexibility index (Phi) is 3.40. The molecular formula is C16H14F2O2. The number of hydrogen-bond donors (Lipinski definition) is 1. The van der Waals surface area contributed by atoms with E-state index in [0.717, 1.165) is 23.6 Å². The Bertz CT molecular complexity index is 628. The van der Waals surface area contributed by atoms with Gasteiger partial charge in [-0.1, -0.05) is 30.3 Å². The van der Waals surface area contributed by atoms with Gasteiger partial charge in [0, 0.05) is 0 Å². The van der Waals surface area contributed by atoms with Gasteiger partial charge in [0.15, 0.2) is 11.6 Å². The first-order valence-corrected chi connectivity index (χ1v) is 6.53. The molecule has 4 heteroatoms. The van der Waals surface area contributed by atoms with E-state index in [2.05, 4.69) is 0 Å². The Morgan fingerprint density at radius 2 is 1.85 bits per heavy atom.